The van der Waals surface area contributed by atoms with Crippen LogP contribution < -0.4 is 4.74 Å². The number of benzene rings is 1. The lowest BCUT2D eigenvalue weighted by Crippen LogP contribution is -2.29. The lowest BCUT2D eigenvalue weighted by Gasteiger charge is -2.26. The van der Waals surface area contributed by atoms with Gasteiger partial charge in [-0.05, 0) is 42.7 Å². The zero-order chi connectivity index (χ0) is 15.6. The zero-order valence-electron chi connectivity index (χ0n) is 11.8. The van der Waals surface area contributed by atoms with E-state index in [0.717, 1.165) is 5.56 Å². The number of allylic oxidation sites excluding steroid dienone is 2. The van der Waals surface area contributed by atoms with E-state index in [2.05, 4.69) is 0 Å². The van der Waals surface area contributed by atoms with Gasteiger partial charge < -0.3 is 14.9 Å². The van der Waals surface area contributed by atoms with Gasteiger partial charge in [0, 0.05) is 5.57 Å². The molecule has 0 saturated heterocycles. The molecule has 110 valence electrons. The third kappa shape index (κ3) is 2.97. The molecule has 1 atom stereocenters. The van der Waals surface area contributed by atoms with Gasteiger partial charge in [0.15, 0.2) is 0 Å². The number of carboxylic acids is 2. The van der Waals surface area contributed by atoms with Gasteiger partial charge in [0.2, 0.25) is 0 Å². The second-order valence-corrected chi connectivity index (χ2v) is 5.20. The fourth-order valence-corrected chi connectivity index (χ4v) is 2.30. The van der Waals surface area contributed by atoms with Gasteiger partial charge in [0.05, 0.1) is 12.5 Å². The van der Waals surface area contributed by atoms with Crippen molar-refractivity contribution in [2.24, 2.45) is 5.41 Å². The summed E-state index contributed by atoms with van der Waals surface area (Å²) in [7, 11) is 1.55. The molecule has 0 fully saturated rings. The van der Waals surface area contributed by atoms with Gasteiger partial charge in [0.25, 0.3) is 0 Å². The average Bonchev–Trinajstić information content (AvgIpc) is 2.46. The Kier molecular flexibility index (Phi) is 3.84. The number of carboxylic acid groups (broad SMARTS) is 2. The first-order chi connectivity index (χ1) is 9.85. The summed E-state index contributed by atoms with van der Waals surface area (Å²) in [6.45, 7) is 1.52. The Hall–Kier alpha value is -2.56. The van der Waals surface area contributed by atoms with Gasteiger partial charge in [-0.2, -0.15) is 0 Å². The summed E-state index contributed by atoms with van der Waals surface area (Å²) in [5, 5.41) is 18.5. The molecule has 2 N–H and O–H groups in total. The molecule has 5 nitrogen and oxygen atoms in total. The van der Waals surface area contributed by atoms with Crippen molar-refractivity contribution in [3.8, 4) is 5.75 Å². The number of aliphatic carboxylic acids is 2. The lowest BCUT2D eigenvalue weighted by molar-refractivity contribution is -0.145. The highest BCUT2D eigenvalue weighted by Crippen LogP contribution is 2.38. The van der Waals surface area contributed by atoms with Gasteiger partial charge in [-0.1, -0.05) is 18.2 Å². The maximum atomic E-state index is 11.4. The molecule has 0 aromatic heterocycles. The maximum absolute atomic E-state index is 11.4. The summed E-state index contributed by atoms with van der Waals surface area (Å²) in [4.78, 5) is 22.7. The van der Waals surface area contributed by atoms with Gasteiger partial charge in [-0.3, -0.25) is 4.79 Å². The van der Waals surface area contributed by atoms with Crippen LogP contribution in [-0.2, 0) is 9.59 Å². The highest BCUT2D eigenvalue weighted by molar-refractivity contribution is 5.96. The molecule has 2 rings (SSSR count). The number of rotatable bonds is 4. The summed E-state index contributed by atoms with van der Waals surface area (Å²) in [6.07, 6.45) is 3.09. The van der Waals surface area contributed by atoms with Crippen LogP contribution in [0.5, 0.6) is 5.75 Å². The molecule has 1 aromatic carbocycles. The highest BCUT2D eigenvalue weighted by atomic mass is 16.5. The Morgan fingerprint density at radius 2 is 1.81 bits per heavy atom. The molecular formula is C16H16O5. The number of hydrogen-bond donors (Lipinski definition) is 2. The van der Waals surface area contributed by atoms with Crippen molar-refractivity contribution in [2.75, 3.05) is 7.11 Å². The van der Waals surface area contributed by atoms with E-state index < -0.39 is 17.4 Å². The first-order valence-corrected chi connectivity index (χ1v) is 6.40. The summed E-state index contributed by atoms with van der Waals surface area (Å²) in [5.41, 5.74) is 0.207. The molecule has 21 heavy (non-hydrogen) atoms. The van der Waals surface area contributed by atoms with E-state index in [9.17, 15) is 19.8 Å². The van der Waals surface area contributed by atoms with Crippen molar-refractivity contribution in [3.05, 3.63) is 47.6 Å². The molecule has 1 aliphatic rings. The van der Waals surface area contributed by atoms with Crippen molar-refractivity contribution in [1.29, 1.82) is 0 Å². The minimum Gasteiger partial charge on any atom is -0.497 e. The van der Waals surface area contributed by atoms with Crippen molar-refractivity contribution in [1.82, 2.24) is 0 Å². The first kappa shape index (κ1) is 14.8. The van der Waals surface area contributed by atoms with Gasteiger partial charge in [-0.15, -0.1) is 0 Å². The summed E-state index contributed by atoms with van der Waals surface area (Å²) >= 11 is 0. The Bertz CT molecular complexity index is 639. The molecule has 0 aliphatic heterocycles. The first-order valence-electron chi connectivity index (χ1n) is 6.40. The second kappa shape index (κ2) is 5.44. The van der Waals surface area contributed by atoms with Crippen molar-refractivity contribution < 1.29 is 24.5 Å². The highest BCUT2D eigenvalue weighted by Gasteiger charge is 2.36. The molecule has 0 heterocycles. The van der Waals surface area contributed by atoms with Crippen LogP contribution in [0.1, 0.15) is 18.9 Å². The van der Waals surface area contributed by atoms with E-state index in [1.807, 2.05) is 0 Å². The van der Waals surface area contributed by atoms with Crippen LogP contribution in [0.25, 0.3) is 5.57 Å². The quantitative estimate of drug-likeness (QED) is 0.889. The van der Waals surface area contributed by atoms with Crippen LogP contribution in [-0.4, -0.2) is 29.3 Å². The number of methoxy groups -OCH3 is 1. The van der Waals surface area contributed by atoms with E-state index in [1.165, 1.54) is 13.0 Å². The topological polar surface area (TPSA) is 83.8 Å². The third-order valence-corrected chi connectivity index (χ3v) is 3.55. The fourth-order valence-electron chi connectivity index (χ4n) is 2.30. The second-order valence-electron chi connectivity index (χ2n) is 5.20. The molecule has 0 bridgehead atoms. The Balaban J connectivity index is 2.49. The normalized spacial score (nSPS) is 21.2. The Labute approximate surface area is 122 Å². The van der Waals surface area contributed by atoms with E-state index in [-0.39, 0.29) is 12.0 Å². The smallest absolute Gasteiger partial charge is 0.331 e. The molecule has 0 radical (unpaired) electrons. The molecule has 0 saturated carbocycles. The SMILES string of the molecule is COc1ccc(C2=CC(C)(C(=O)O)CC(C(=O)O)=C2)cc1. The molecule has 0 amide bonds. The van der Waals surface area contributed by atoms with E-state index in [4.69, 9.17) is 4.74 Å². The maximum Gasteiger partial charge on any atom is 0.331 e. The lowest BCUT2D eigenvalue weighted by atomic mass is 9.76. The van der Waals surface area contributed by atoms with Gasteiger partial charge >= 0.3 is 11.9 Å². The van der Waals surface area contributed by atoms with Gasteiger partial charge in [0.1, 0.15) is 5.75 Å². The zero-order valence-corrected chi connectivity index (χ0v) is 11.8. The van der Waals surface area contributed by atoms with Crippen LogP contribution in [0.15, 0.2) is 42.0 Å². The number of hydrogen-bond acceptors (Lipinski definition) is 3. The summed E-state index contributed by atoms with van der Waals surface area (Å²) < 4.78 is 5.07. The van der Waals surface area contributed by atoms with Crippen molar-refractivity contribution in [2.45, 2.75) is 13.3 Å². The van der Waals surface area contributed by atoms with Crippen LogP contribution in [0.2, 0.25) is 0 Å². The molecule has 1 aliphatic carbocycles. The standard InChI is InChI=1S/C16H16O5/c1-16(15(19)20)8-11(7-12(9-16)14(17)18)10-3-5-13(21-2)6-4-10/h3-8H,9H2,1-2H3,(H,17,18)(H,19,20). The predicted octanol–water partition coefficient (Wildman–Crippen LogP) is 2.58. The van der Waals surface area contributed by atoms with Crippen LogP contribution in [0.4, 0.5) is 0 Å². The van der Waals surface area contributed by atoms with Crippen LogP contribution in [0.3, 0.4) is 0 Å². The number of ether oxygens (including phenoxy) is 1. The summed E-state index contributed by atoms with van der Waals surface area (Å²) in [5.74, 6) is -1.46. The minimum atomic E-state index is -1.22. The van der Waals surface area contributed by atoms with E-state index in [1.54, 1.807) is 37.5 Å². The average molecular weight is 288 g/mol. The Morgan fingerprint density at radius 3 is 2.29 bits per heavy atom. The van der Waals surface area contributed by atoms with Crippen molar-refractivity contribution >= 4 is 17.5 Å². The van der Waals surface area contributed by atoms with E-state index >= 15 is 0 Å². The molecule has 0 spiro atoms. The number of carbonyl (C=O) groups is 2. The van der Waals surface area contributed by atoms with Crippen LogP contribution >= 0.6 is 0 Å². The largest absolute Gasteiger partial charge is 0.497 e. The fraction of sp³-hybridized carbons (Fsp3) is 0.250. The molecule has 5 heteroatoms. The Morgan fingerprint density at radius 1 is 1.19 bits per heavy atom. The van der Waals surface area contributed by atoms with E-state index in [0.29, 0.717) is 11.3 Å². The third-order valence-electron chi connectivity index (χ3n) is 3.55. The van der Waals surface area contributed by atoms with Gasteiger partial charge in [-0.25, -0.2) is 4.79 Å². The van der Waals surface area contributed by atoms with Crippen LogP contribution in [0, 0.1) is 5.41 Å². The molecule has 1 unspecified atom stereocenters. The summed E-state index contributed by atoms with van der Waals surface area (Å²) in [6, 6.07) is 7.04. The molecular weight excluding hydrogens is 272 g/mol. The van der Waals surface area contributed by atoms with Crippen molar-refractivity contribution in [3.63, 3.8) is 0 Å². The minimum absolute atomic E-state index is 0.0304. The molecule has 1 aromatic rings. The predicted molar refractivity (Wildman–Crippen MR) is 77.0 cm³/mol. The monoisotopic (exact) mass is 288 g/mol.